The highest BCUT2D eigenvalue weighted by atomic mass is 16.4. The van der Waals surface area contributed by atoms with E-state index in [4.69, 9.17) is 4.42 Å². The van der Waals surface area contributed by atoms with Crippen molar-refractivity contribution in [1.29, 1.82) is 0 Å². The number of likely N-dealkylation sites (tertiary alicyclic amines) is 1. The number of piperidine rings is 1. The summed E-state index contributed by atoms with van der Waals surface area (Å²) in [5.74, 6) is 2.06. The van der Waals surface area contributed by atoms with Gasteiger partial charge in [0.15, 0.2) is 0 Å². The second kappa shape index (κ2) is 9.60. The van der Waals surface area contributed by atoms with E-state index < -0.39 is 0 Å². The molecule has 1 fully saturated rings. The molecular formula is C20H29N5O2. The quantitative estimate of drug-likeness (QED) is 0.710. The van der Waals surface area contributed by atoms with Gasteiger partial charge in [0.25, 0.3) is 0 Å². The molecule has 7 nitrogen and oxygen atoms in total. The van der Waals surface area contributed by atoms with Gasteiger partial charge in [-0.2, -0.15) is 0 Å². The van der Waals surface area contributed by atoms with Crippen LogP contribution in [0.3, 0.4) is 0 Å². The molecule has 1 saturated heterocycles. The lowest BCUT2D eigenvalue weighted by Crippen LogP contribution is -2.36. The molecule has 146 valence electrons. The van der Waals surface area contributed by atoms with Crippen molar-refractivity contribution < 1.29 is 9.21 Å². The van der Waals surface area contributed by atoms with Crippen molar-refractivity contribution in [2.45, 2.75) is 45.6 Å². The molecule has 1 aliphatic heterocycles. The maximum Gasteiger partial charge on any atom is 0.230 e. The van der Waals surface area contributed by atoms with Gasteiger partial charge in [0.1, 0.15) is 0 Å². The van der Waals surface area contributed by atoms with Crippen molar-refractivity contribution in [3.05, 3.63) is 41.9 Å². The molecule has 27 heavy (non-hydrogen) atoms. The fraction of sp³-hybridized carbons (Fsp3) is 0.600. The molecular weight excluding hydrogens is 342 g/mol. The van der Waals surface area contributed by atoms with Crippen molar-refractivity contribution in [1.82, 2.24) is 25.0 Å². The zero-order chi connectivity index (χ0) is 19.1. The Labute approximate surface area is 160 Å². The molecule has 3 rings (SSSR count). The molecule has 0 spiro atoms. The van der Waals surface area contributed by atoms with E-state index in [1.54, 1.807) is 6.20 Å². The van der Waals surface area contributed by atoms with E-state index in [9.17, 15) is 4.79 Å². The molecule has 0 saturated carbocycles. The number of hydrogen-bond donors (Lipinski definition) is 0. The van der Waals surface area contributed by atoms with Crippen LogP contribution in [0.25, 0.3) is 0 Å². The van der Waals surface area contributed by atoms with E-state index in [1.807, 2.05) is 37.1 Å². The zero-order valence-corrected chi connectivity index (χ0v) is 16.3. The Morgan fingerprint density at radius 2 is 2.26 bits per heavy atom. The van der Waals surface area contributed by atoms with Gasteiger partial charge in [-0.3, -0.25) is 14.7 Å². The number of aryl methyl sites for hydroxylation is 1. The zero-order valence-electron chi connectivity index (χ0n) is 16.3. The summed E-state index contributed by atoms with van der Waals surface area (Å²) in [4.78, 5) is 20.9. The molecule has 1 atom stereocenters. The third kappa shape index (κ3) is 6.13. The lowest BCUT2D eigenvalue weighted by atomic mass is 9.93. The van der Waals surface area contributed by atoms with Crippen molar-refractivity contribution in [2.24, 2.45) is 5.92 Å². The van der Waals surface area contributed by atoms with Gasteiger partial charge in [0.05, 0.1) is 6.54 Å². The van der Waals surface area contributed by atoms with Gasteiger partial charge in [0, 0.05) is 51.8 Å². The van der Waals surface area contributed by atoms with Crippen molar-refractivity contribution >= 4 is 5.91 Å². The first kappa shape index (κ1) is 19.5. The van der Waals surface area contributed by atoms with Gasteiger partial charge in [-0.15, -0.1) is 10.2 Å². The molecule has 7 heteroatoms. The van der Waals surface area contributed by atoms with Gasteiger partial charge in [-0.25, -0.2) is 0 Å². The Balaban J connectivity index is 1.38. The SMILES string of the molecule is Cc1nnc(CN2CCCC(CCC(=O)N(C)CCc3ccccn3)C2)o1. The minimum absolute atomic E-state index is 0.218. The summed E-state index contributed by atoms with van der Waals surface area (Å²) < 4.78 is 5.48. The van der Waals surface area contributed by atoms with Crippen molar-refractivity contribution in [3.63, 3.8) is 0 Å². The summed E-state index contributed by atoms with van der Waals surface area (Å²) >= 11 is 0. The molecule has 0 radical (unpaired) electrons. The largest absolute Gasteiger partial charge is 0.424 e. The molecule has 2 aromatic heterocycles. The number of pyridine rings is 1. The third-order valence-electron chi connectivity index (χ3n) is 5.15. The summed E-state index contributed by atoms with van der Waals surface area (Å²) in [6, 6.07) is 5.89. The van der Waals surface area contributed by atoms with Gasteiger partial charge >= 0.3 is 0 Å². The Kier molecular flexibility index (Phi) is 6.92. The smallest absolute Gasteiger partial charge is 0.230 e. The highest BCUT2D eigenvalue weighted by Gasteiger charge is 2.22. The monoisotopic (exact) mass is 371 g/mol. The maximum atomic E-state index is 12.4. The number of aromatic nitrogens is 3. The molecule has 2 aromatic rings. The Hall–Kier alpha value is -2.28. The fourth-order valence-electron chi connectivity index (χ4n) is 3.59. The van der Waals surface area contributed by atoms with E-state index in [1.165, 1.54) is 6.42 Å². The first-order chi connectivity index (χ1) is 13.1. The summed E-state index contributed by atoms with van der Waals surface area (Å²) in [7, 11) is 1.89. The van der Waals surface area contributed by atoms with Gasteiger partial charge in [0.2, 0.25) is 17.7 Å². The van der Waals surface area contributed by atoms with Crippen molar-refractivity contribution in [2.75, 3.05) is 26.7 Å². The van der Waals surface area contributed by atoms with E-state index in [0.29, 0.717) is 37.2 Å². The van der Waals surface area contributed by atoms with Crippen LogP contribution in [-0.4, -0.2) is 57.6 Å². The average Bonchev–Trinajstić information content (AvgIpc) is 3.10. The van der Waals surface area contributed by atoms with Gasteiger partial charge < -0.3 is 9.32 Å². The molecule has 0 N–H and O–H groups in total. The highest BCUT2D eigenvalue weighted by molar-refractivity contribution is 5.75. The van der Waals surface area contributed by atoms with Gasteiger partial charge in [-0.1, -0.05) is 6.07 Å². The highest BCUT2D eigenvalue weighted by Crippen LogP contribution is 2.22. The first-order valence-electron chi connectivity index (χ1n) is 9.75. The van der Waals surface area contributed by atoms with Crippen LogP contribution in [0.1, 0.15) is 43.2 Å². The number of nitrogens with zero attached hydrogens (tertiary/aromatic N) is 5. The molecule has 0 bridgehead atoms. The van der Waals surface area contributed by atoms with Gasteiger partial charge in [-0.05, 0) is 43.9 Å². The molecule has 1 amide bonds. The van der Waals surface area contributed by atoms with Crippen LogP contribution in [0, 0.1) is 12.8 Å². The Morgan fingerprint density at radius 1 is 1.37 bits per heavy atom. The first-order valence-corrected chi connectivity index (χ1v) is 9.75. The predicted molar refractivity (Wildman–Crippen MR) is 102 cm³/mol. The van der Waals surface area contributed by atoms with Crippen molar-refractivity contribution in [3.8, 4) is 0 Å². The minimum atomic E-state index is 0.218. The topological polar surface area (TPSA) is 75.4 Å². The molecule has 1 aliphatic rings. The Morgan fingerprint density at radius 3 is 3.00 bits per heavy atom. The van der Waals surface area contributed by atoms with E-state index in [2.05, 4.69) is 20.1 Å². The number of carbonyl (C=O) groups excluding carboxylic acids is 1. The summed E-state index contributed by atoms with van der Waals surface area (Å²) in [6.07, 6.45) is 6.47. The average molecular weight is 371 g/mol. The second-order valence-electron chi connectivity index (χ2n) is 7.38. The number of amides is 1. The number of hydrogen-bond acceptors (Lipinski definition) is 6. The molecule has 0 aromatic carbocycles. The van der Waals surface area contributed by atoms with Crippen LogP contribution >= 0.6 is 0 Å². The van der Waals surface area contributed by atoms with E-state index in [-0.39, 0.29) is 5.91 Å². The predicted octanol–water partition coefficient (Wildman–Crippen LogP) is 2.47. The fourth-order valence-corrected chi connectivity index (χ4v) is 3.59. The lowest BCUT2D eigenvalue weighted by molar-refractivity contribution is -0.130. The van der Waals surface area contributed by atoms with E-state index in [0.717, 1.165) is 38.0 Å². The molecule has 3 heterocycles. The summed E-state index contributed by atoms with van der Waals surface area (Å²) in [5.41, 5.74) is 1.02. The number of rotatable bonds is 8. The maximum absolute atomic E-state index is 12.4. The third-order valence-corrected chi connectivity index (χ3v) is 5.15. The van der Waals surface area contributed by atoms with Crippen LogP contribution in [0.2, 0.25) is 0 Å². The standard InChI is InChI=1S/C20H29N5O2/c1-16-22-23-19(27-16)15-25-12-5-6-17(14-25)8-9-20(26)24(2)13-10-18-7-3-4-11-21-18/h3-4,7,11,17H,5-6,8-10,12-15H2,1-2H3. The van der Waals surface area contributed by atoms with Crippen LogP contribution in [-0.2, 0) is 17.8 Å². The van der Waals surface area contributed by atoms with Crippen LogP contribution < -0.4 is 0 Å². The summed E-state index contributed by atoms with van der Waals surface area (Å²) in [5, 5.41) is 7.97. The van der Waals surface area contributed by atoms with Crippen LogP contribution in [0.15, 0.2) is 28.8 Å². The Bertz CT molecular complexity index is 718. The minimum Gasteiger partial charge on any atom is -0.424 e. The van der Waals surface area contributed by atoms with E-state index >= 15 is 0 Å². The molecule has 0 aliphatic carbocycles. The lowest BCUT2D eigenvalue weighted by Gasteiger charge is -2.32. The number of carbonyl (C=O) groups is 1. The number of likely N-dealkylation sites (N-methyl/N-ethyl adjacent to an activating group) is 1. The van der Waals surface area contributed by atoms with Crippen LogP contribution in [0.5, 0.6) is 0 Å². The second-order valence-corrected chi connectivity index (χ2v) is 7.38. The van der Waals surface area contributed by atoms with Crippen LogP contribution in [0.4, 0.5) is 0 Å². The molecule has 1 unspecified atom stereocenters. The normalized spacial score (nSPS) is 17.8. The summed E-state index contributed by atoms with van der Waals surface area (Å²) in [6.45, 7) is 5.27.